The van der Waals surface area contributed by atoms with Gasteiger partial charge in [0, 0.05) is 13.6 Å². The Kier molecular flexibility index (Phi) is 4.37. The number of halogens is 1. The number of nitrogens with one attached hydrogen (secondary N) is 1. The highest BCUT2D eigenvalue weighted by Crippen LogP contribution is 2.23. The number of anilines is 2. The van der Waals surface area contributed by atoms with Crippen LogP contribution in [0.15, 0.2) is 41.6 Å². The molecule has 2 aromatic rings. The van der Waals surface area contributed by atoms with E-state index in [4.69, 9.17) is 0 Å². The summed E-state index contributed by atoms with van der Waals surface area (Å²) in [7, 11) is -2.14. The molecule has 2 rings (SSSR count). The summed E-state index contributed by atoms with van der Waals surface area (Å²) in [5, 5.41) is 2.71. The maximum atomic E-state index is 13.0. The summed E-state index contributed by atoms with van der Waals surface area (Å²) < 4.78 is 39.3. The molecule has 8 heteroatoms. The third-order valence-corrected chi connectivity index (χ3v) is 4.70. The molecule has 21 heavy (non-hydrogen) atoms. The average Bonchev–Trinajstić information content (AvgIpc) is 2.50. The maximum absolute atomic E-state index is 13.0. The van der Waals surface area contributed by atoms with Gasteiger partial charge in [-0.05, 0) is 31.2 Å². The van der Waals surface area contributed by atoms with Crippen LogP contribution in [0.25, 0.3) is 0 Å². The number of hydrogen-bond donors (Lipinski definition) is 1. The van der Waals surface area contributed by atoms with Crippen molar-refractivity contribution in [3.8, 4) is 0 Å². The third-order valence-electron chi connectivity index (χ3n) is 2.84. The van der Waals surface area contributed by atoms with Gasteiger partial charge >= 0.3 is 0 Å². The first-order valence-electron chi connectivity index (χ1n) is 6.27. The van der Waals surface area contributed by atoms with E-state index < -0.39 is 15.8 Å². The molecule has 0 aliphatic heterocycles. The second kappa shape index (κ2) is 6.04. The first kappa shape index (κ1) is 15.2. The number of nitrogens with zero attached hydrogens (tertiary/aromatic N) is 3. The molecule has 0 bridgehead atoms. The molecule has 0 fully saturated rings. The van der Waals surface area contributed by atoms with E-state index in [2.05, 4.69) is 15.3 Å². The molecule has 6 nitrogen and oxygen atoms in total. The van der Waals surface area contributed by atoms with Crippen molar-refractivity contribution in [1.29, 1.82) is 0 Å². The van der Waals surface area contributed by atoms with E-state index in [1.165, 1.54) is 41.0 Å². The van der Waals surface area contributed by atoms with Gasteiger partial charge in [0.2, 0.25) is 5.95 Å². The van der Waals surface area contributed by atoms with Crippen LogP contribution in [0.3, 0.4) is 0 Å². The van der Waals surface area contributed by atoms with Crippen molar-refractivity contribution in [3.05, 3.63) is 42.5 Å². The third kappa shape index (κ3) is 3.10. The standard InChI is InChI=1S/C13H15FN4O2S/c1-3-18(11-6-4-10(14)5-7-11)21(19,20)12-8-16-13(15-2)17-9-12/h4-9H,3H2,1-2H3,(H,15,16,17). The Bertz CT molecular complexity index is 702. The predicted molar refractivity (Wildman–Crippen MR) is 78.2 cm³/mol. The molecule has 1 heterocycles. The van der Waals surface area contributed by atoms with E-state index in [0.29, 0.717) is 11.6 Å². The minimum Gasteiger partial charge on any atom is -0.357 e. The zero-order valence-corrected chi connectivity index (χ0v) is 12.4. The van der Waals surface area contributed by atoms with Crippen molar-refractivity contribution in [2.24, 2.45) is 0 Å². The number of benzene rings is 1. The fourth-order valence-electron chi connectivity index (χ4n) is 1.80. The van der Waals surface area contributed by atoms with Gasteiger partial charge in [-0.15, -0.1) is 0 Å². The Hall–Kier alpha value is -2.22. The number of aromatic nitrogens is 2. The minimum absolute atomic E-state index is 0.0207. The summed E-state index contributed by atoms with van der Waals surface area (Å²) in [6, 6.07) is 5.26. The van der Waals surface area contributed by atoms with Crippen molar-refractivity contribution in [2.45, 2.75) is 11.8 Å². The van der Waals surface area contributed by atoms with E-state index >= 15 is 0 Å². The lowest BCUT2D eigenvalue weighted by molar-refractivity contribution is 0.590. The van der Waals surface area contributed by atoms with Crippen LogP contribution in [0.2, 0.25) is 0 Å². The van der Waals surface area contributed by atoms with E-state index in [0.717, 1.165) is 0 Å². The molecule has 0 aliphatic rings. The van der Waals surface area contributed by atoms with Gasteiger partial charge in [-0.1, -0.05) is 0 Å². The Balaban J connectivity index is 2.41. The molecule has 0 saturated heterocycles. The van der Waals surface area contributed by atoms with Crippen molar-refractivity contribution < 1.29 is 12.8 Å². The molecule has 0 atom stereocenters. The summed E-state index contributed by atoms with van der Waals surface area (Å²) in [4.78, 5) is 7.78. The highest BCUT2D eigenvalue weighted by molar-refractivity contribution is 7.92. The Morgan fingerprint density at radius 1 is 1.19 bits per heavy atom. The summed E-state index contributed by atoms with van der Waals surface area (Å²) >= 11 is 0. The predicted octanol–water partition coefficient (Wildman–Crippen LogP) is 1.87. The van der Waals surface area contributed by atoms with Crippen LogP contribution in [-0.2, 0) is 10.0 Å². The van der Waals surface area contributed by atoms with Crippen molar-refractivity contribution >= 4 is 21.7 Å². The topological polar surface area (TPSA) is 75.2 Å². The maximum Gasteiger partial charge on any atom is 0.267 e. The molecule has 1 aromatic carbocycles. The lowest BCUT2D eigenvalue weighted by Gasteiger charge is -2.22. The summed E-state index contributed by atoms with van der Waals surface area (Å²) in [6.07, 6.45) is 2.47. The lowest BCUT2D eigenvalue weighted by atomic mass is 10.3. The smallest absolute Gasteiger partial charge is 0.267 e. The molecule has 0 unspecified atom stereocenters. The van der Waals surface area contributed by atoms with Gasteiger partial charge in [0.25, 0.3) is 10.0 Å². The number of hydrogen-bond acceptors (Lipinski definition) is 5. The molecule has 1 N–H and O–H groups in total. The quantitative estimate of drug-likeness (QED) is 0.912. The van der Waals surface area contributed by atoms with Gasteiger partial charge in [-0.3, -0.25) is 4.31 Å². The highest BCUT2D eigenvalue weighted by Gasteiger charge is 2.24. The molecular weight excluding hydrogens is 295 g/mol. The molecule has 1 aromatic heterocycles. The van der Waals surface area contributed by atoms with E-state index in [9.17, 15) is 12.8 Å². The molecule has 0 aliphatic carbocycles. The Morgan fingerprint density at radius 3 is 2.24 bits per heavy atom. The van der Waals surface area contributed by atoms with Gasteiger partial charge in [0.1, 0.15) is 10.7 Å². The summed E-state index contributed by atoms with van der Waals surface area (Å²) in [5.74, 6) is -0.0901. The number of rotatable bonds is 5. The number of sulfonamides is 1. The molecule has 0 spiro atoms. The van der Waals surface area contributed by atoms with Crippen LogP contribution in [0.5, 0.6) is 0 Å². The van der Waals surface area contributed by atoms with Crippen molar-refractivity contribution in [1.82, 2.24) is 9.97 Å². The SMILES string of the molecule is CCN(c1ccc(F)cc1)S(=O)(=O)c1cnc(NC)nc1. The van der Waals surface area contributed by atoms with Gasteiger partial charge < -0.3 is 5.32 Å². The van der Waals surface area contributed by atoms with E-state index in [1.807, 2.05) is 0 Å². The van der Waals surface area contributed by atoms with Crippen LogP contribution >= 0.6 is 0 Å². The zero-order valence-electron chi connectivity index (χ0n) is 11.6. The molecule has 0 amide bonds. The van der Waals surface area contributed by atoms with Crippen LogP contribution in [-0.4, -0.2) is 32.0 Å². The van der Waals surface area contributed by atoms with Crippen molar-refractivity contribution in [2.75, 3.05) is 23.2 Å². The van der Waals surface area contributed by atoms with Gasteiger partial charge in [0.15, 0.2) is 0 Å². The fraction of sp³-hybridized carbons (Fsp3) is 0.231. The van der Waals surface area contributed by atoms with Crippen LogP contribution in [0.4, 0.5) is 16.0 Å². The summed E-state index contributed by atoms with van der Waals surface area (Å²) in [6.45, 7) is 1.91. The van der Waals surface area contributed by atoms with E-state index in [-0.39, 0.29) is 11.4 Å². The monoisotopic (exact) mass is 310 g/mol. The van der Waals surface area contributed by atoms with Crippen molar-refractivity contribution in [3.63, 3.8) is 0 Å². The fourth-order valence-corrected chi connectivity index (χ4v) is 3.17. The second-order valence-electron chi connectivity index (χ2n) is 4.14. The normalized spacial score (nSPS) is 11.2. The Morgan fingerprint density at radius 2 is 1.76 bits per heavy atom. The summed E-state index contributed by atoms with van der Waals surface area (Å²) in [5.41, 5.74) is 0.386. The lowest BCUT2D eigenvalue weighted by Crippen LogP contribution is -2.31. The first-order chi connectivity index (χ1) is 9.98. The van der Waals surface area contributed by atoms with Gasteiger partial charge in [0.05, 0.1) is 18.1 Å². The largest absolute Gasteiger partial charge is 0.357 e. The highest BCUT2D eigenvalue weighted by atomic mass is 32.2. The van der Waals surface area contributed by atoms with Gasteiger partial charge in [-0.25, -0.2) is 22.8 Å². The minimum atomic E-state index is -3.78. The van der Waals surface area contributed by atoms with Crippen LogP contribution in [0.1, 0.15) is 6.92 Å². The first-order valence-corrected chi connectivity index (χ1v) is 7.71. The van der Waals surface area contributed by atoms with Gasteiger partial charge in [-0.2, -0.15) is 0 Å². The Labute approximate surface area is 122 Å². The average molecular weight is 310 g/mol. The molecular formula is C13H15FN4O2S. The second-order valence-corrected chi connectivity index (χ2v) is 6.00. The van der Waals surface area contributed by atoms with Crippen LogP contribution in [0, 0.1) is 5.82 Å². The molecule has 0 radical (unpaired) electrons. The molecule has 0 saturated carbocycles. The zero-order chi connectivity index (χ0) is 15.5. The molecule has 112 valence electrons. The van der Waals surface area contributed by atoms with E-state index in [1.54, 1.807) is 14.0 Å². The van der Waals surface area contributed by atoms with Crippen LogP contribution < -0.4 is 9.62 Å².